The number of benzene rings is 1. The second-order valence-corrected chi connectivity index (χ2v) is 4.58. The van der Waals surface area contributed by atoms with E-state index < -0.39 is 10.9 Å². The largest absolute Gasteiger partial charge is 0.481 e. The maximum absolute atomic E-state index is 10.9. The summed E-state index contributed by atoms with van der Waals surface area (Å²) in [6, 6.07) is 3.92. The highest BCUT2D eigenvalue weighted by atomic mass is 35.5. The average Bonchev–Trinajstić information content (AvgIpc) is 2.30. The van der Waals surface area contributed by atoms with Gasteiger partial charge in [-0.05, 0) is 18.6 Å². The van der Waals surface area contributed by atoms with Gasteiger partial charge in [-0.3, -0.25) is 14.9 Å². The smallest absolute Gasteiger partial charge is 0.305 e. The molecule has 1 atom stereocenters. The van der Waals surface area contributed by atoms with Crippen LogP contribution in [0.1, 0.15) is 26.2 Å². The molecule has 0 saturated heterocycles. The molecular formula is C12H15ClN2O4. The lowest BCUT2D eigenvalue weighted by molar-refractivity contribution is -0.384. The van der Waals surface area contributed by atoms with E-state index in [0.717, 1.165) is 6.42 Å². The predicted molar refractivity (Wildman–Crippen MR) is 72.7 cm³/mol. The Kier molecular flexibility index (Phi) is 5.57. The van der Waals surface area contributed by atoms with E-state index in [2.05, 4.69) is 5.32 Å². The maximum atomic E-state index is 10.9. The maximum Gasteiger partial charge on any atom is 0.305 e. The van der Waals surface area contributed by atoms with Gasteiger partial charge < -0.3 is 10.4 Å². The molecule has 0 radical (unpaired) electrons. The molecule has 0 bridgehead atoms. The summed E-state index contributed by atoms with van der Waals surface area (Å²) in [5, 5.41) is 22.9. The van der Waals surface area contributed by atoms with E-state index in [1.807, 2.05) is 6.92 Å². The van der Waals surface area contributed by atoms with E-state index in [9.17, 15) is 14.9 Å². The molecule has 0 fully saturated rings. The van der Waals surface area contributed by atoms with Crippen molar-refractivity contribution in [1.29, 1.82) is 0 Å². The van der Waals surface area contributed by atoms with Crippen molar-refractivity contribution in [3.8, 4) is 0 Å². The first kappa shape index (κ1) is 15.2. The van der Waals surface area contributed by atoms with E-state index in [-0.39, 0.29) is 28.9 Å². The average molecular weight is 287 g/mol. The van der Waals surface area contributed by atoms with Crippen LogP contribution in [-0.4, -0.2) is 22.0 Å². The molecule has 0 amide bonds. The third-order valence-electron chi connectivity index (χ3n) is 2.57. The Labute approximate surface area is 115 Å². The molecule has 1 unspecified atom stereocenters. The van der Waals surface area contributed by atoms with Crippen LogP contribution in [-0.2, 0) is 4.79 Å². The number of carbonyl (C=O) groups is 1. The third kappa shape index (κ3) is 4.75. The fourth-order valence-corrected chi connectivity index (χ4v) is 1.95. The van der Waals surface area contributed by atoms with Gasteiger partial charge in [0, 0.05) is 17.1 Å². The lowest BCUT2D eigenvalue weighted by Crippen LogP contribution is -2.23. The van der Waals surface area contributed by atoms with Crippen molar-refractivity contribution in [3.05, 3.63) is 33.3 Å². The summed E-state index contributed by atoms with van der Waals surface area (Å²) in [5.74, 6) is -0.942. The number of rotatable bonds is 7. The van der Waals surface area contributed by atoms with E-state index in [1.165, 1.54) is 18.2 Å². The van der Waals surface area contributed by atoms with Crippen LogP contribution in [0.4, 0.5) is 11.4 Å². The first-order valence-electron chi connectivity index (χ1n) is 5.86. The molecule has 104 valence electrons. The molecule has 2 N–H and O–H groups in total. The zero-order valence-corrected chi connectivity index (χ0v) is 11.2. The van der Waals surface area contributed by atoms with Gasteiger partial charge in [0.25, 0.3) is 5.69 Å². The molecule has 0 aliphatic carbocycles. The monoisotopic (exact) mass is 286 g/mol. The van der Waals surface area contributed by atoms with Crippen LogP contribution in [0, 0.1) is 10.1 Å². The Morgan fingerprint density at radius 2 is 2.26 bits per heavy atom. The Hall–Kier alpha value is -1.82. The van der Waals surface area contributed by atoms with E-state index >= 15 is 0 Å². The molecule has 1 aromatic carbocycles. The number of hydrogen-bond acceptors (Lipinski definition) is 4. The van der Waals surface area contributed by atoms with Crippen LogP contribution in [0.5, 0.6) is 0 Å². The predicted octanol–water partition coefficient (Wildman–Crippen LogP) is 3.30. The lowest BCUT2D eigenvalue weighted by atomic mass is 10.1. The van der Waals surface area contributed by atoms with Gasteiger partial charge in [-0.1, -0.05) is 24.9 Å². The Balaban J connectivity index is 2.95. The Bertz CT molecular complexity index is 479. The van der Waals surface area contributed by atoms with Gasteiger partial charge in [0.05, 0.1) is 11.3 Å². The Morgan fingerprint density at radius 3 is 2.79 bits per heavy atom. The number of aliphatic carboxylic acids is 1. The van der Waals surface area contributed by atoms with Crippen molar-refractivity contribution in [1.82, 2.24) is 0 Å². The van der Waals surface area contributed by atoms with E-state index in [1.54, 1.807) is 0 Å². The summed E-state index contributed by atoms with van der Waals surface area (Å²) < 4.78 is 0. The number of carboxylic acid groups (broad SMARTS) is 1. The number of carboxylic acids is 1. The zero-order valence-electron chi connectivity index (χ0n) is 10.4. The van der Waals surface area contributed by atoms with Gasteiger partial charge in [0.2, 0.25) is 0 Å². The molecule has 0 aliphatic heterocycles. The van der Waals surface area contributed by atoms with Gasteiger partial charge in [0.1, 0.15) is 5.69 Å². The van der Waals surface area contributed by atoms with E-state index in [0.29, 0.717) is 6.42 Å². The first-order chi connectivity index (χ1) is 8.93. The summed E-state index contributed by atoms with van der Waals surface area (Å²) >= 11 is 5.72. The number of hydrogen-bond donors (Lipinski definition) is 2. The first-order valence-corrected chi connectivity index (χ1v) is 6.24. The molecule has 0 aliphatic rings. The van der Waals surface area contributed by atoms with Crippen LogP contribution in [0.25, 0.3) is 0 Å². The normalized spacial score (nSPS) is 11.9. The summed E-state index contributed by atoms with van der Waals surface area (Å²) in [5.41, 5.74) is 0.132. The number of anilines is 1. The molecule has 7 heteroatoms. The minimum atomic E-state index is -0.942. The zero-order chi connectivity index (χ0) is 14.4. The third-order valence-corrected chi connectivity index (χ3v) is 2.81. The lowest BCUT2D eigenvalue weighted by Gasteiger charge is -2.17. The van der Waals surface area contributed by atoms with Gasteiger partial charge in [-0.15, -0.1) is 0 Å². The van der Waals surface area contributed by atoms with Crippen LogP contribution in [0.2, 0.25) is 5.02 Å². The second-order valence-electron chi connectivity index (χ2n) is 4.15. The summed E-state index contributed by atoms with van der Waals surface area (Å²) in [6.07, 6.45) is 1.31. The summed E-state index contributed by atoms with van der Waals surface area (Å²) in [7, 11) is 0. The molecule has 19 heavy (non-hydrogen) atoms. The number of halogens is 1. The molecule has 0 aromatic heterocycles. The minimum Gasteiger partial charge on any atom is -0.481 e. The summed E-state index contributed by atoms with van der Waals surface area (Å²) in [4.78, 5) is 21.1. The highest BCUT2D eigenvalue weighted by Crippen LogP contribution is 2.29. The minimum absolute atomic E-state index is 0.0897. The second kappa shape index (κ2) is 6.94. The molecular weight excluding hydrogens is 272 g/mol. The molecule has 6 nitrogen and oxygen atoms in total. The van der Waals surface area contributed by atoms with Crippen LogP contribution < -0.4 is 5.32 Å². The number of nitrogens with one attached hydrogen (secondary N) is 1. The van der Waals surface area contributed by atoms with E-state index in [4.69, 9.17) is 16.7 Å². The SMILES string of the molecule is CCCC(CC(=O)O)Nc1ccc(Cl)cc1[N+](=O)[O-]. The van der Waals surface area contributed by atoms with Crippen molar-refractivity contribution in [2.75, 3.05) is 5.32 Å². The van der Waals surface area contributed by atoms with Crippen molar-refractivity contribution in [3.63, 3.8) is 0 Å². The van der Waals surface area contributed by atoms with Gasteiger partial charge in [-0.2, -0.15) is 0 Å². The fraction of sp³-hybridized carbons (Fsp3) is 0.417. The molecule has 0 heterocycles. The number of nitrogens with zero attached hydrogens (tertiary/aromatic N) is 1. The van der Waals surface area contributed by atoms with Crippen LogP contribution in [0.3, 0.4) is 0 Å². The quantitative estimate of drug-likeness (QED) is 0.592. The van der Waals surface area contributed by atoms with Gasteiger partial charge >= 0.3 is 5.97 Å². The van der Waals surface area contributed by atoms with Crippen molar-refractivity contribution in [2.24, 2.45) is 0 Å². The fourth-order valence-electron chi connectivity index (χ4n) is 1.78. The highest BCUT2D eigenvalue weighted by molar-refractivity contribution is 6.30. The van der Waals surface area contributed by atoms with Crippen molar-refractivity contribution >= 4 is 28.9 Å². The van der Waals surface area contributed by atoms with Crippen molar-refractivity contribution in [2.45, 2.75) is 32.2 Å². The highest BCUT2D eigenvalue weighted by Gasteiger charge is 2.19. The van der Waals surface area contributed by atoms with Crippen LogP contribution in [0.15, 0.2) is 18.2 Å². The number of nitro groups is 1. The van der Waals surface area contributed by atoms with Crippen molar-refractivity contribution < 1.29 is 14.8 Å². The molecule has 1 aromatic rings. The molecule has 0 spiro atoms. The summed E-state index contributed by atoms with van der Waals surface area (Å²) in [6.45, 7) is 1.92. The molecule has 0 saturated carbocycles. The number of nitro benzene ring substituents is 1. The van der Waals surface area contributed by atoms with Crippen LogP contribution >= 0.6 is 11.6 Å². The van der Waals surface area contributed by atoms with Gasteiger partial charge in [-0.25, -0.2) is 0 Å². The molecule has 1 rings (SSSR count). The topological polar surface area (TPSA) is 92.5 Å². The standard InChI is InChI=1S/C12H15ClN2O4/c1-2-3-9(7-12(16)17)14-10-5-4-8(13)6-11(10)15(18)19/h4-6,9,14H,2-3,7H2,1H3,(H,16,17). The van der Waals surface area contributed by atoms with Gasteiger partial charge in [0.15, 0.2) is 0 Å². The Morgan fingerprint density at radius 1 is 1.58 bits per heavy atom.